The van der Waals surface area contributed by atoms with Crippen molar-refractivity contribution in [2.45, 2.75) is 13.0 Å². The second-order valence-electron chi connectivity index (χ2n) is 3.72. The van der Waals surface area contributed by atoms with Crippen molar-refractivity contribution in [3.8, 4) is 0 Å². The predicted octanol–water partition coefficient (Wildman–Crippen LogP) is 2.56. The fourth-order valence-corrected chi connectivity index (χ4v) is 2.28. The van der Waals surface area contributed by atoms with Gasteiger partial charge in [-0.25, -0.2) is 0 Å². The minimum absolute atomic E-state index is 0.00477. The van der Waals surface area contributed by atoms with Gasteiger partial charge in [-0.2, -0.15) is 11.3 Å². The molecule has 0 amide bonds. The van der Waals surface area contributed by atoms with Gasteiger partial charge in [0, 0.05) is 7.05 Å². The number of thiophene rings is 1. The highest BCUT2D eigenvalue weighted by Crippen LogP contribution is 2.26. The second-order valence-corrected chi connectivity index (χ2v) is 4.50. The van der Waals surface area contributed by atoms with Gasteiger partial charge < -0.3 is 5.32 Å². The van der Waals surface area contributed by atoms with Gasteiger partial charge in [-0.3, -0.25) is 14.8 Å². The summed E-state index contributed by atoms with van der Waals surface area (Å²) in [5.41, 5.74) is 1.09. The lowest BCUT2D eigenvalue weighted by Crippen LogP contribution is -2.07. The summed E-state index contributed by atoms with van der Waals surface area (Å²) < 4.78 is 1.43. The topological polar surface area (TPSA) is 73.0 Å². The Morgan fingerprint density at radius 2 is 2.41 bits per heavy atom. The molecule has 2 rings (SSSR count). The number of hydrogen-bond acceptors (Lipinski definition) is 5. The van der Waals surface area contributed by atoms with E-state index in [9.17, 15) is 10.1 Å². The van der Waals surface area contributed by atoms with E-state index < -0.39 is 4.92 Å². The van der Waals surface area contributed by atoms with E-state index in [1.165, 1.54) is 10.9 Å². The number of nitro groups is 1. The summed E-state index contributed by atoms with van der Waals surface area (Å²) in [6.45, 7) is 1.94. The van der Waals surface area contributed by atoms with E-state index in [1.807, 2.05) is 23.8 Å². The molecule has 0 radical (unpaired) electrons. The van der Waals surface area contributed by atoms with Crippen molar-refractivity contribution in [2.75, 3.05) is 5.32 Å². The summed E-state index contributed by atoms with van der Waals surface area (Å²) in [6.07, 6.45) is 1.39. The smallest absolute Gasteiger partial charge is 0.330 e. The van der Waals surface area contributed by atoms with E-state index in [-0.39, 0.29) is 11.7 Å². The van der Waals surface area contributed by atoms with Crippen LogP contribution in [0.1, 0.15) is 18.5 Å². The molecule has 0 aliphatic rings. The molecule has 90 valence electrons. The summed E-state index contributed by atoms with van der Waals surface area (Å²) in [6, 6.07) is 1.98. The number of nitrogens with one attached hydrogen (secondary N) is 1. The van der Waals surface area contributed by atoms with Gasteiger partial charge in [-0.15, -0.1) is 5.10 Å². The van der Waals surface area contributed by atoms with Crippen molar-refractivity contribution in [2.24, 2.45) is 7.05 Å². The summed E-state index contributed by atoms with van der Waals surface area (Å²) in [4.78, 5) is 10.4. The van der Waals surface area contributed by atoms with Crippen LogP contribution in [-0.4, -0.2) is 14.7 Å². The van der Waals surface area contributed by atoms with Crippen molar-refractivity contribution in [1.82, 2.24) is 9.78 Å². The summed E-state index contributed by atoms with van der Waals surface area (Å²) in [5.74, 6) is 0.302. The molecule has 6 nitrogen and oxygen atoms in total. The fraction of sp³-hybridized carbons (Fsp3) is 0.300. The maximum Gasteiger partial charge on any atom is 0.330 e. The van der Waals surface area contributed by atoms with Crippen LogP contribution in [-0.2, 0) is 7.05 Å². The highest BCUT2D eigenvalue weighted by atomic mass is 32.1. The Kier molecular flexibility index (Phi) is 3.10. The molecular weight excluding hydrogens is 240 g/mol. The highest BCUT2D eigenvalue weighted by Gasteiger charge is 2.20. The molecule has 0 aliphatic carbocycles. The predicted molar refractivity (Wildman–Crippen MR) is 66.2 cm³/mol. The number of anilines is 1. The summed E-state index contributed by atoms with van der Waals surface area (Å²) in [7, 11) is 1.66. The summed E-state index contributed by atoms with van der Waals surface area (Å²) >= 11 is 1.59. The van der Waals surface area contributed by atoms with Gasteiger partial charge in [0.25, 0.3) is 0 Å². The van der Waals surface area contributed by atoms with E-state index in [4.69, 9.17) is 0 Å². The SMILES string of the molecule is CC(Nc1nn(C)cc1[N+](=O)[O-])c1ccsc1. The van der Waals surface area contributed by atoms with Gasteiger partial charge in [-0.1, -0.05) is 0 Å². The molecule has 1 N–H and O–H groups in total. The van der Waals surface area contributed by atoms with Crippen LogP contribution in [0.25, 0.3) is 0 Å². The molecule has 17 heavy (non-hydrogen) atoms. The standard InChI is InChI=1S/C10H12N4O2S/c1-7(8-3-4-17-6-8)11-10-9(14(15)16)5-13(2)12-10/h3-7H,1-2H3,(H,11,12). The maximum atomic E-state index is 10.8. The largest absolute Gasteiger partial charge is 0.356 e. The molecule has 0 aromatic carbocycles. The van der Waals surface area contributed by atoms with Gasteiger partial charge >= 0.3 is 5.69 Å². The first-order valence-corrected chi connectivity index (χ1v) is 5.99. The molecule has 7 heteroatoms. The minimum Gasteiger partial charge on any atom is -0.356 e. The number of rotatable bonds is 4. The Balaban J connectivity index is 2.21. The molecule has 2 aromatic rings. The third kappa shape index (κ3) is 2.44. The zero-order valence-electron chi connectivity index (χ0n) is 9.45. The third-order valence-corrected chi connectivity index (χ3v) is 3.10. The zero-order chi connectivity index (χ0) is 12.4. The van der Waals surface area contributed by atoms with Crippen LogP contribution in [0, 0.1) is 10.1 Å². The van der Waals surface area contributed by atoms with Gasteiger partial charge in [0.05, 0.1) is 11.0 Å². The molecule has 0 bridgehead atoms. The van der Waals surface area contributed by atoms with Crippen LogP contribution < -0.4 is 5.32 Å². The van der Waals surface area contributed by atoms with Crippen molar-refractivity contribution >= 4 is 22.8 Å². The van der Waals surface area contributed by atoms with E-state index >= 15 is 0 Å². The number of nitrogens with zero attached hydrogens (tertiary/aromatic N) is 3. The molecule has 1 atom stereocenters. The van der Waals surface area contributed by atoms with Crippen LogP contribution in [0.5, 0.6) is 0 Å². The first kappa shape index (κ1) is 11.6. The fourth-order valence-electron chi connectivity index (χ4n) is 1.52. The lowest BCUT2D eigenvalue weighted by atomic mass is 10.2. The van der Waals surface area contributed by atoms with Gasteiger partial charge in [0.15, 0.2) is 0 Å². The van der Waals surface area contributed by atoms with Crippen molar-refractivity contribution in [1.29, 1.82) is 0 Å². The van der Waals surface area contributed by atoms with Gasteiger partial charge in [0.2, 0.25) is 5.82 Å². The second kappa shape index (κ2) is 4.54. The van der Waals surface area contributed by atoms with Crippen molar-refractivity contribution < 1.29 is 4.92 Å². The Bertz CT molecular complexity index is 520. The number of aromatic nitrogens is 2. The zero-order valence-corrected chi connectivity index (χ0v) is 10.3. The first-order chi connectivity index (χ1) is 8.08. The van der Waals surface area contributed by atoms with Crippen LogP contribution >= 0.6 is 11.3 Å². The Morgan fingerprint density at radius 3 is 3.00 bits per heavy atom. The van der Waals surface area contributed by atoms with Gasteiger partial charge in [-0.05, 0) is 29.3 Å². The van der Waals surface area contributed by atoms with E-state index in [0.29, 0.717) is 5.82 Å². The van der Waals surface area contributed by atoms with Crippen molar-refractivity contribution in [3.05, 3.63) is 38.7 Å². The molecule has 0 spiro atoms. The molecule has 0 saturated carbocycles. The van der Waals surface area contributed by atoms with Crippen LogP contribution in [0.2, 0.25) is 0 Å². The molecule has 1 unspecified atom stereocenters. The monoisotopic (exact) mass is 252 g/mol. The molecule has 0 aliphatic heterocycles. The molecule has 0 saturated heterocycles. The molecule has 0 fully saturated rings. The van der Waals surface area contributed by atoms with Crippen LogP contribution in [0.3, 0.4) is 0 Å². The van der Waals surface area contributed by atoms with E-state index in [0.717, 1.165) is 5.56 Å². The minimum atomic E-state index is -0.435. The van der Waals surface area contributed by atoms with E-state index in [1.54, 1.807) is 18.4 Å². The Hall–Kier alpha value is -1.89. The summed E-state index contributed by atoms with van der Waals surface area (Å²) in [5, 5.41) is 21.9. The van der Waals surface area contributed by atoms with E-state index in [2.05, 4.69) is 10.4 Å². The lowest BCUT2D eigenvalue weighted by molar-refractivity contribution is -0.384. The average molecular weight is 252 g/mol. The maximum absolute atomic E-state index is 10.8. The molecular formula is C10H12N4O2S. The van der Waals surface area contributed by atoms with Crippen molar-refractivity contribution in [3.63, 3.8) is 0 Å². The Labute approximate surface area is 102 Å². The molecule has 2 aromatic heterocycles. The Morgan fingerprint density at radius 1 is 1.65 bits per heavy atom. The van der Waals surface area contributed by atoms with Gasteiger partial charge in [0.1, 0.15) is 6.20 Å². The quantitative estimate of drug-likeness (QED) is 0.670. The number of aryl methyl sites for hydroxylation is 1. The van der Waals surface area contributed by atoms with Crippen LogP contribution in [0.4, 0.5) is 11.5 Å². The number of hydrogen-bond donors (Lipinski definition) is 1. The van der Waals surface area contributed by atoms with Crippen LogP contribution in [0.15, 0.2) is 23.0 Å². The lowest BCUT2D eigenvalue weighted by Gasteiger charge is -2.10. The molecule has 2 heterocycles. The highest BCUT2D eigenvalue weighted by molar-refractivity contribution is 7.07. The normalized spacial score (nSPS) is 12.4. The third-order valence-electron chi connectivity index (χ3n) is 2.40. The first-order valence-electron chi connectivity index (χ1n) is 5.04. The average Bonchev–Trinajstić information content (AvgIpc) is 2.86.